The number of halogens is 2. The molecular formula is C19H17F2N3O2. The van der Waals surface area contributed by atoms with Crippen molar-refractivity contribution in [2.45, 2.75) is 18.5 Å². The summed E-state index contributed by atoms with van der Waals surface area (Å²) in [6.45, 7) is 0.849. The van der Waals surface area contributed by atoms with Crippen LogP contribution in [-0.2, 0) is 0 Å². The molecule has 2 aliphatic rings. The number of hydrogen-bond acceptors (Lipinski definition) is 3. The molecule has 2 N–H and O–H groups in total. The fraction of sp³-hybridized carbons (Fsp3) is 0.263. The number of nitrogens with one attached hydrogen (secondary N) is 2. The Balaban J connectivity index is 1.49. The minimum absolute atomic E-state index is 0.0166. The second-order valence-corrected chi connectivity index (χ2v) is 6.62. The van der Waals surface area contributed by atoms with Crippen molar-refractivity contribution in [2.75, 3.05) is 18.4 Å². The van der Waals surface area contributed by atoms with Gasteiger partial charge in [-0.15, -0.1) is 0 Å². The van der Waals surface area contributed by atoms with Crippen LogP contribution in [0.3, 0.4) is 0 Å². The van der Waals surface area contributed by atoms with Gasteiger partial charge in [-0.25, -0.2) is 8.78 Å². The minimum atomic E-state index is -0.697. The van der Waals surface area contributed by atoms with Gasteiger partial charge in [0.1, 0.15) is 17.3 Å². The van der Waals surface area contributed by atoms with Crippen molar-refractivity contribution in [3.8, 4) is 0 Å². The van der Waals surface area contributed by atoms with E-state index in [1.54, 1.807) is 17.0 Å². The quantitative estimate of drug-likeness (QED) is 0.825. The molecular weight excluding hydrogens is 340 g/mol. The fourth-order valence-corrected chi connectivity index (χ4v) is 3.54. The first kappa shape index (κ1) is 16.5. The van der Waals surface area contributed by atoms with Gasteiger partial charge in [0, 0.05) is 31.5 Å². The van der Waals surface area contributed by atoms with Crippen LogP contribution in [0.5, 0.6) is 0 Å². The first-order valence-corrected chi connectivity index (χ1v) is 8.41. The summed E-state index contributed by atoms with van der Waals surface area (Å²) in [5.74, 6) is -1.57. The van der Waals surface area contributed by atoms with Gasteiger partial charge in [0.05, 0.1) is 11.3 Å². The van der Waals surface area contributed by atoms with E-state index in [9.17, 15) is 18.4 Å². The van der Waals surface area contributed by atoms with Crippen LogP contribution in [0.2, 0.25) is 0 Å². The summed E-state index contributed by atoms with van der Waals surface area (Å²) in [4.78, 5) is 26.6. The highest BCUT2D eigenvalue weighted by Crippen LogP contribution is 2.32. The van der Waals surface area contributed by atoms with E-state index < -0.39 is 17.4 Å². The molecule has 26 heavy (non-hydrogen) atoms. The zero-order valence-electron chi connectivity index (χ0n) is 13.9. The Bertz CT molecular complexity index is 875. The molecule has 1 spiro atoms. The van der Waals surface area contributed by atoms with Gasteiger partial charge in [0.15, 0.2) is 0 Å². The maximum atomic E-state index is 13.9. The molecule has 1 fully saturated rings. The number of amides is 2. The van der Waals surface area contributed by atoms with Crippen molar-refractivity contribution in [1.82, 2.24) is 10.2 Å². The maximum Gasteiger partial charge on any atom is 0.258 e. The minimum Gasteiger partial charge on any atom is -0.362 e. The van der Waals surface area contributed by atoms with Crippen LogP contribution in [0.25, 0.3) is 0 Å². The number of hydrogen-bond donors (Lipinski definition) is 2. The second-order valence-electron chi connectivity index (χ2n) is 6.62. The van der Waals surface area contributed by atoms with Crippen LogP contribution in [-0.4, -0.2) is 35.5 Å². The third-order valence-electron chi connectivity index (χ3n) is 4.96. The van der Waals surface area contributed by atoms with Crippen molar-refractivity contribution in [2.24, 2.45) is 0 Å². The summed E-state index contributed by atoms with van der Waals surface area (Å²) in [7, 11) is 0. The zero-order valence-corrected chi connectivity index (χ0v) is 13.9. The Hall–Kier alpha value is -2.96. The van der Waals surface area contributed by atoms with Crippen molar-refractivity contribution >= 4 is 17.5 Å². The molecule has 0 aromatic heterocycles. The number of benzene rings is 2. The van der Waals surface area contributed by atoms with E-state index in [1.165, 1.54) is 30.3 Å². The highest BCUT2D eigenvalue weighted by molar-refractivity contribution is 6.02. The van der Waals surface area contributed by atoms with Gasteiger partial charge in [-0.05, 0) is 36.4 Å². The van der Waals surface area contributed by atoms with E-state index in [0.717, 1.165) is 0 Å². The van der Waals surface area contributed by atoms with Gasteiger partial charge in [-0.1, -0.05) is 6.07 Å². The van der Waals surface area contributed by atoms with E-state index in [1.807, 2.05) is 0 Å². The largest absolute Gasteiger partial charge is 0.362 e. The van der Waals surface area contributed by atoms with Crippen LogP contribution < -0.4 is 10.6 Å². The van der Waals surface area contributed by atoms with Crippen LogP contribution in [0.1, 0.15) is 33.6 Å². The monoisotopic (exact) mass is 357 g/mol. The van der Waals surface area contributed by atoms with Crippen molar-refractivity contribution in [3.05, 3.63) is 65.2 Å². The summed E-state index contributed by atoms with van der Waals surface area (Å²) in [5.41, 5.74) is 0.211. The number of piperidine rings is 1. The van der Waals surface area contributed by atoms with Gasteiger partial charge in [-0.2, -0.15) is 0 Å². The molecule has 5 nitrogen and oxygen atoms in total. The Morgan fingerprint density at radius 1 is 1.00 bits per heavy atom. The number of anilines is 1. The van der Waals surface area contributed by atoms with E-state index in [0.29, 0.717) is 37.2 Å². The topological polar surface area (TPSA) is 61.4 Å². The van der Waals surface area contributed by atoms with Gasteiger partial charge >= 0.3 is 0 Å². The summed E-state index contributed by atoms with van der Waals surface area (Å²) in [5, 5.41) is 6.09. The molecule has 2 aromatic carbocycles. The number of nitrogens with zero attached hydrogens (tertiary/aromatic N) is 1. The smallest absolute Gasteiger partial charge is 0.258 e. The second kappa shape index (κ2) is 6.09. The third-order valence-corrected chi connectivity index (χ3v) is 4.96. The molecule has 1 saturated heterocycles. The number of carbonyl (C=O) groups excluding carboxylic acids is 2. The van der Waals surface area contributed by atoms with Crippen LogP contribution >= 0.6 is 0 Å². The van der Waals surface area contributed by atoms with Gasteiger partial charge in [-0.3, -0.25) is 9.59 Å². The Morgan fingerprint density at radius 3 is 2.38 bits per heavy atom. The highest BCUT2D eigenvalue weighted by Gasteiger charge is 2.41. The van der Waals surface area contributed by atoms with Gasteiger partial charge in [0.2, 0.25) is 0 Å². The third kappa shape index (κ3) is 2.79. The molecule has 2 amide bonds. The molecule has 0 bridgehead atoms. The van der Waals surface area contributed by atoms with Crippen molar-refractivity contribution in [1.29, 1.82) is 0 Å². The predicted octanol–water partition coefficient (Wildman–Crippen LogP) is 2.75. The van der Waals surface area contributed by atoms with Crippen LogP contribution in [0.15, 0.2) is 42.5 Å². The molecule has 2 heterocycles. The van der Waals surface area contributed by atoms with E-state index in [4.69, 9.17) is 0 Å². The zero-order chi connectivity index (χ0) is 18.3. The molecule has 2 aromatic rings. The molecule has 0 atom stereocenters. The van der Waals surface area contributed by atoms with Crippen molar-refractivity contribution in [3.63, 3.8) is 0 Å². The normalized spacial score (nSPS) is 18.1. The predicted molar refractivity (Wildman–Crippen MR) is 91.8 cm³/mol. The van der Waals surface area contributed by atoms with Crippen LogP contribution in [0.4, 0.5) is 14.5 Å². The SMILES string of the molecule is O=C1NC2(CCN(C(=O)c3ccc(F)cc3)CC2)Nc2cccc(F)c21. The molecule has 7 heteroatoms. The molecule has 0 radical (unpaired) electrons. The van der Waals surface area contributed by atoms with E-state index >= 15 is 0 Å². The number of carbonyl (C=O) groups is 2. The van der Waals surface area contributed by atoms with Crippen LogP contribution in [0, 0.1) is 11.6 Å². The Kier molecular flexibility index (Phi) is 3.86. The first-order chi connectivity index (χ1) is 12.5. The number of fused-ring (bicyclic) bond motifs is 1. The molecule has 134 valence electrons. The lowest BCUT2D eigenvalue weighted by atomic mass is 9.92. The van der Waals surface area contributed by atoms with E-state index in [-0.39, 0.29) is 17.3 Å². The lowest BCUT2D eigenvalue weighted by Gasteiger charge is -2.45. The lowest BCUT2D eigenvalue weighted by molar-refractivity contribution is 0.0639. The molecule has 0 aliphatic carbocycles. The summed E-state index contributed by atoms with van der Waals surface area (Å²) >= 11 is 0. The first-order valence-electron chi connectivity index (χ1n) is 8.41. The Morgan fingerprint density at radius 2 is 1.69 bits per heavy atom. The fourth-order valence-electron chi connectivity index (χ4n) is 3.54. The van der Waals surface area contributed by atoms with Gasteiger partial charge in [0.25, 0.3) is 11.8 Å². The standard InChI is InChI=1S/C19H17F2N3O2/c20-13-6-4-12(5-7-13)18(26)24-10-8-19(9-11-24)22-15-3-1-2-14(21)16(15)17(25)23-19/h1-7,22H,8-11H2,(H,23,25). The Labute approximate surface area is 149 Å². The average molecular weight is 357 g/mol. The van der Waals surface area contributed by atoms with Crippen molar-refractivity contribution < 1.29 is 18.4 Å². The lowest BCUT2D eigenvalue weighted by Crippen LogP contribution is -2.62. The molecule has 4 rings (SSSR count). The maximum absolute atomic E-state index is 13.9. The summed E-state index contributed by atoms with van der Waals surface area (Å²) < 4.78 is 26.9. The molecule has 0 saturated carbocycles. The van der Waals surface area contributed by atoms with E-state index in [2.05, 4.69) is 10.6 Å². The van der Waals surface area contributed by atoms with Gasteiger partial charge < -0.3 is 15.5 Å². The summed E-state index contributed by atoms with van der Waals surface area (Å²) in [6, 6.07) is 9.92. The summed E-state index contributed by atoms with van der Waals surface area (Å²) in [6.07, 6.45) is 0.975. The highest BCUT2D eigenvalue weighted by atomic mass is 19.1. The average Bonchev–Trinajstić information content (AvgIpc) is 2.62. The number of rotatable bonds is 1. The number of likely N-dealkylation sites (tertiary alicyclic amines) is 1. The molecule has 2 aliphatic heterocycles. The molecule has 0 unspecified atom stereocenters.